The van der Waals surface area contributed by atoms with E-state index in [1.165, 1.54) is 11.8 Å². The number of carbonyl (C=O) groups excluding carboxylic acids is 1. The second-order valence-electron chi connectivity index (χ2n) is 5.85. The molecule has 28 heavy (non-hydrogen) atoms. The van der Waals surface area contributed by atoms with Crippen LogP contribution in [0.5, 0.6) is 5.75 Å². The lowest BCUT2D eigenvalue weighted by molar-refractivity contribution is -0.113. The third-order valence-electron chi connectivity index (χ3n) is 3.85. The third kappa shape index (κ3) is 4.15. The average Bonchev–Trinajstić information content (AvgIpc) is 3.32. The zero-order valence-electron chi connectivity index (χ0n) is 15.1. The van der Waals surface area contributed by atoms with Crippen LogP contribution < -0.4 is 10.1 Å². The van der Waals surface area contributed by atoms with E-state index in [1.54, 1.807) is 18.4 Å². The van der Waals surface area contributed by atoms with E-state index in [4.69, 9.17) is 9.15 Å². The summed E-state index contributed by atoms with van der Waals surface area (Å²) in [4.78, 5) is 16.6. The van der Waals surface area contributed by atoms with Crippen molar-refractivity contribution in [2.45, 2.75) is 12.1 Å². The first kappa shape index (κ1) is 18.5. The molecule has 0 fully saturated rings. The third-order valence-corrected chi connectivity index (χ3v) is 5.60. The van der Waals surface area contributed by atoms with Crippen molar-refractivity contribution in [2.24, 2.45) is 0 Å². The summed E-state index contributed by atoms with van der Waals surface area (Å²) in [5, 5.41) is 12.2. The molecule has 2 heterocycles. The molecule has 0 bridgehead atoms. The molecule has 0 unspecified atom stereocenters. The van der Waals surface area contributed by atoms with Crippen LogP contribution in [0.25, 0.3) is 21.7 Å². The van der Waals surface area contributed by atoms with Crippen molar-refractivity contribution in [1.82, 2.24) is 15.2 Å². The Labute approximate surface area is 169 Å². The molecule has 7 nitrogen and oxygen atoms in total. The standard InChI is InChI=1S/C19H16N4O3S2/c1-11-20-15-8-5-13(9-16(15)28-11)21-17(24)10-27-19-23-22-18(26-19)12-3-6-14(25-2)7-4-12/h3-9H,10H2,1-2H3,(H,21,24). The highest BCUT2D eigenvalue weighted by Gasteiger charge is 2.12. The fourth-order valence-corrected chi connectivity index (χ4v) is 3.99. The van der Waals surface area contributed by atoms with Gasteiger partial charge in [0.1, 0.15) is 5.75 Å². The van der Waals surface area contributed by atoms with Crippen LogP contribution in [0.4, 0.5) is 5.69 Å². The molecule has 0 aliphatic heterocycles. The van der Waals surface area contributed by atoms with Gasteiger partial charge in [-0.3, -0.25) is 4.79 Å². The van der Waals surface area contributed by atoms with Crippen molar-refractivity contribution in [3.05, 3.63) is 47.5 Å². The molecular weight excluding hydrogens is 396 g/mol. The van der Waals surface area contributed by atoms with Crippen LogP contribution >= 0.6 is 23.1 Å². The molecular formula is C19H16N4O3S2. The largest absolute Gasteiger partial charge is 0.497 e. The predicted octanol–water partition coefficient (Wildman–Crippen LogP) is 4.39. The number of aryl methyl sites for hydroxylation is 1. The highest BCUT2D eigenvalue weighted by Crippen LogP contribution is 2.26. The van der Waals surface area contributed by atoms with Gasteiger partial charge in [-0.1, -0.05) is 11.8 Å². The number of thiazole rings is 1. The molecule has 0 saturated heterocycles. The van der Waals surface area contributed by atoms with Gasteiger partial charge in [-0.05, 0) is 49.4 Å². The Morgan fingerprint density at radius 2 is 2.04 bits per heavy atom. The van der Waals surface area contributed by atoms with Crippen LogP contribution in [-0.2, 0) is 4.79 Å². The number of thioether (sulfide) groups is 1. The van der Waals surface area contributed by atoms with Crippen LogP contribution in [0, 0.1) is 6.92 Å². The average molecular weight is 412 g/mol. The summed E-state index contributed by atoms with van der Waals surface area (Å²) in [5.41, 5.74) is 2.47. The summed E-state index contributed by atoms with van der Waals surface area (Å²) in [7, 11) is 1.61. The fraction of sp³-hybridized carbons (Fsp3) is 0.158. The first-order valence-electron chi connectivity index (χ1n) is 8.38. The zero-order valence-corrected chi connectivity index (χ0v) is 16.8. The Morgan fingerprint density at radius 1 is 1.21 bits per heavy atom. The van der Waals surface area contributed by atoms with Crippen LogP contribution in [0.2, 0.25) is 0 Å². The van der Waals surface area contributed by atoms with E-state index in [2.05, 4.69) is 20.5 Å². The van der Waals surface area contributed by atoms with Gasteiger partial charge in [-0.25, -0.2) is 4.98 Å². The second-order valence-corrected chi connectivity index (χ2v) is 8.02. The summed E-state index contributed by atoms with van der Waals surface area (Å²) in [6.45, 7) is 1.96. The number of anilines is 1. The molecule has 4 rings (SSSR count). The summed E-state index contributed by atoms with van der Waals surface area (Å²) in [5.74, 6) is 1.18. The molecule has 2 aromatic carbocycles. The maximum atomic E-state index is 12.2. The monoisotopic (exact) mass is 412 g/mol. The molecule has 0 spiro atoms. The summed E-state index contributed by atoms with van der Waals surface area (Å²) in [6, 6.07) is 13.0. The highest BCUT2D eigenvalue weighted by molar-refractivity contribution is 7.99. The number of fused-ring (bicyclic) bond motifs is 1. The Hall–Kier alpha value is -2.91. The van der Waals surface area contributed by atoms with E-state index in [0.717, 1.165) is 32.2 Å². The Morgan fingerprint density at radius 3 is 2.82 bits per heavy atom. The van der Waals surface area contributed by atoms with Crippen molar-refractivity contribution in [2.75, 3.05) is 18.2 Å². The van der Waals surface area contributed by atoms with Crippen molar-refractivity contribution >= 4 is 44.9 Å². The number of rotatable bonds is 6. The summed E-state index contributed by atoms with van der Waals surface area (Å²) in [6.07, 6.45) is 0. The van der Waals surface area contributed by atoms with Gasteiger partial charge in [0, 0.05) is 11.3 Å². The quantitative estimate of drug-likeness (QED) is 0.470. The minimum atomic E-state index is -0.144. The lowest BCUT2D eigenvalue weighted by Crippen LogP contribution is -2.13. The van der Waals surface area contributed by atoms with E-state index in [-0.39, 0.29) is 11.7 Å². The Kier molecular flexibility index (Phi) is 5.27. The molecule has 4 aromatic rings. The summed E-state index contributed by atoms with van der Waals surface area (Å²) >= 11 is 2.79. The van der Waals surface area contributed by atoms with E-state index in [0.29, 0.717) is 11.1 Å². The van der Waals surface area contributed by atoms with Crippen molar-refractivity contribution in [3.8, 4) is 17.2 Å². The van der Waals surface area contributed by atoms with Gasteiger partial charge in [-0.2, -0.15) is 0 Å². The number of hydrogen-bond acceptors (Lipinski definition) is 8. The second kappa shape index (κ2) is 7.99. The molecule has 2 aromatic heterocycles. The molecule has 142 valence electrons. The number of benzene rings is 2. The molecule has 1 N–H and O–H groups in total. The minimum absolute atomic E-state index is 0.144. The maximum absolute atomic E-state index is 12.2. The number of carbonyl (C=O) groups is 1. The van der Waals surface area contributed by atoms with Gasteiger partial charge in [0.05, 0.1) is 28.1 Å². The molecule has 0 aliphatic carbocycles. The minimum Gasteiger partial charge on any atom is -0.497 e. The number of amides is 1. The molecule has 0 saturated carbocycles. The van der Waals surface area contributed by atoms with Crippen molar-refractivity contribution < 1.29 is 13.9 Å². The van der Waals surface area contributed by atoms with Crippen LogP contribution in [0.15, 0.2) is 52.1 Å². The van der Waals surface area contributed by atoms with Gasteiger partial charge < -0.3 is 14.5 Å². The van der Waals surface area contributed by atoms with E-state index < -0.39 is 0 Å². The molecule has 0 aliphatic rings. The normalized spacial score (nSPS) is 10.9. The topological polar surface area (TPSA) is 90.1 Å². The van der Waals surface area contributed by atoms with Crippen molar-refractivity contribution in [1.29, 1.82) is 0 Å². The lowest BCUT2D eigenvalue weighted by atomic mass is 10.2. The number of methoxy groups -OCH3 is 1. The maximum Gasteiger partial charge on any atom is 0.277 e. The molecule has 1 amide bonds. The smallest absolute Gasteiger partial charge is 0.277 e. The highest BCUT2D eigenvalue weighted by atomic mass is 32.2. The zero-order chi connectivity index (χ0) is 19.5. The van der Waals surface area contributed by atoms with Gasteiger partial charge >= 0.3 is 0 Å². The SMILES string of the molecule is COc1ccc(-c2nnc(SCC(=O)Nc3ccc4nc(C)sc4c3)o2)cc1. The van der Waals surface area contributed by atoms with E-state index >= 15 is 0 Å². The molecule has 0 radical (unpaired) electrons. The first-order valence-corrected chi connectivity index (χ1v) is 10.2. The van der Waals surface area contributed by atoms with Crippen LogP contribution in [-0.4, -0.2) is 34.0 Å². The lowest BCUT2D eigenvalue weighted by Gasteiger charge is -2.03. The van der Waals surface area contributed by atoms with Gasteiger partial charge in [-0.15, -0.1) is 21.5 Å². The molecule has 9 heteroatoms. The fourth-order valence-electron chi connectivity index (χ4n) is 2.56. The van der Waals surface area contributed by atoms with Crippen LogP contribution in [0.1, 0.15) is 5.01 Å². The van der Waals surface area contributed by atoms with Gasteiger partial charge in [0.15, 0.2) is 0 Å². The summed E-state index contributed by atoms with van der Waals surface area (Å²) < 4.78 is 11.8. The number of ether oxygens (including phenoxy) is 1. The first-order chi connectivity index (χ1) is 13.6. The van der Waals surface area contributed by atoms with Crippen molar-refractivity contribution in [3.63, 3.8) is 0 Å². The van der Waals surface area contributed by atoms with Gasteiger partial charge in [0.2, 0.25) is 11.8 Å². The van der Waals surface area contributed by atoms with E-state index in [1.807, 2.05) is 49.4 Å². The predicted molar refractivity (Wildman–Crippen MR) is 110 cm³/mol. The Bertz CT molecular complexity index is 1120. The van der Waals surface area contributed by atoms with E-state index in [9.17, 15) is 4.79 Å². The van der Waals surface area contributed by atoms with Gasteiger partial charge in [0.25, 0.3) is 5.22 Å². The number of nitrogens with one attached hydrogen (secondary N) is 1. The van der Waals surface area contributed by atoms with Crippen LogP contribution in [0.3, 0.4) is 0 Å². The molecule has 0 atom stereocenters. The number of nitrogens with zero attached hydrogens (tertiary/aromatic N) is 3. The number of aromatic nitrogens is 3. The Balaban J connectivity index is 1.35. The number of hydrogen-bond donors (Lipinski definition) is 1.